The quantitative estimate of drug-likeness (QED) is 0.467. The van der Waals surface area contributed by atoms with Gasteiger partial charge in [-0.2, -0.15) is 5.10 Å². The van der Waals surface area contributed by atoms with E-state index in [0.29, 0.717) is 5.92 Å². The molecule has 0 spiro atoms. The van der Waals surface area contributed by atoms with Gasteiger partial charge in [0.15, 0.2) is 0 Å². The normalized spacial score (nSPS) is 11.3. The van der Waals surface area contributed by atoms with Gasteiger partial charge in [0, 0.05) is 11.3 Å². The molecule has 2 aliphatic rings. The molecule has 4 nitrogen and oxygen atoms in total. The maximum absolute atomic E-state index is 12.0. The van der Waals surface area contributed by atoms with Crippen molar-refractivity contribution in [2.75, 3.05) is 11.9 Å². The lowest BCUT2D eigenvalue weighted by Crippen LogP contribution is -2.25. The van der Waals surface area contributed by atoms with E-state index < -0.39 is 0 Å². The van der Waals surface area contributed by atoms with E-state index in [4.69, 9.17) is 0 Å². The largest absolute Gasteiger partial charge is 0.376 e. The van der Waals surface area contributed by atoms with E-state index in [1.54, 1.807) is 6.21 Å². The van der Waals surface area contributed by atoms with Gasteiger partial charge in [0.05, 0.1) is 12.8 Å². The molecule has 28 heavy (non-hydrogen) atoms. The topological polar surface area (TPSA) is 53.5 Å². The molecule has 0 saturated carbocycles. The highest BCUT2D eigenvalue weighted by Gasteiger charge is 2.15. The number of anilines is 1. The maximum atomic E-state index is 12.0. The van der Waals surface area contributed by atoms with Crippen molar-refractivity contribution >= 4 is 17.8 Å². The minimum atomic E-state index is -0.183. The van der Waals surface area contributed by atoms with Gasteiger partial charge < -0.3 is 5.32 Å². The van der Waals surface area contributed by atoms with Crippen LogP contribution in [0.3, 0.4) is 0 Å². The SMILES string of the molecule is Cc1cc(/C=N/NC(=O)CNc2ccccc2)c2c(C)ccc(C(C)C)cc1-2. The van der Waals surface area contributed by atoms with Gasteiger partial charge in [-0.05, 0) is 65.8 Å². The summed E-state index contributed by atoms with van der Waals surface area (Å²) in [6.45, 7) is 8.82. The molecule has 0 aliphatic heterocycles. The minimum Gasteiger partial charge on any atom is -0.376 e. The molecule has 0 aromatic heterocycles. The van der Waals surface area contributed by atoms with Gasteiger partial charge in [-0.1, -0.05) is 50.2 Å². The van der Waals surface area contributed by atoms with Gasteiger partial charge in [-0.15, -0.1) is 0 Å². The van der Waals surface area contributed by atoms with E-state index in [0.717, 1.165) is 11.3 Å². The van der Waals surface area contributed by atoms with Crippen molar-refractivity contribution in [1.82, 2.24) is 5.43 Å². The summed E-state index contributed by atoms with van der Waals surface area (Å²) in [7, 11) is 0. The number of nitrogens with one attached hydrogen (secondary N) is 2. The van der Waals surface area contributed by atoms with Crippen molar-refractivity contribution < 1.29 is 4.79 Å². The lowest BCUT2D eigenvalue weighted by atomic mass is 10.0. The Morgan fingerprint density at radius 1 is 1.04 bits per heavy atom. The third kappa shape index (κ3) is 4.58. The second kappa shape index (κ2) is 8.70. The Morgan fingerprint density at radius 2 is 1.79 bits per heavy atom. The molecule has 0 radical (unpaired) electrons. The number of hydrogen-bond acceptors (Lipinski definition) is 3. The van der Waals surface area contributed by atoms with Crippen molar-refractivity contribution in [3.8, 4) is 11.1 Å². The second-order valence-corrected chi connectivity index (χ2v) is 7.40. The maximum Gasteiger partial charge on any atom is 0.259 e. The van der Waals surface area contributed by atoms with Crippen LogP contribution in [0.4, 0.5) is 5.69 Å². The molecule has 0 heterocycles. The summed E-state index contributed by atoms with van der Waals surface area (Å²) in [6.07, 6.45) is 1.73. The van der Waals surface area contributed by atoms with E-state index in [1.807, 2.05) is 30.3 Å². The smallest absolute Gasteiger partial charge is 0.259 e. The summed E-state index contributed by atoms with van der Waals surface area (Å²) >= 11 is 0. The molecule has 4 heteroatoms. The number of aryl methyl sites for hydroxylation is 2. The number of carbonyl (C=O) groups is 1. The van der Waals surface area contributed by atoms with Gasteiger partial charge in [0.25, 0.3) is 5.91 Å². The number of nitrogens with zero attached hydrogens (tertiary/aromatic N) is 1. The summed E-state index contributed by atoms with van der Waals surface area (Å²) in [5, 5.41) is 7.24. The molecule has 144 valence electrons. The summed E-state index contributed by atoms with van der Waals surface area (Å²) in [5.41, 5.74) is 10.7. The second-order valence-electron chi connectivity index (χ2n) is 7.40. The fourth-order valence-electron chi connectivity index (χ4n) is 3.29. The summed E-state index contributed by atoms with van der Waals surface area (Å²) in [6, 6.07) is 18.4. The van der Waals surface area contributed by atoms with Gasteiger partial charge in [0.2, 0.25) is 0 Å². The Kier molecular flexibility index (Phi) is 6.09. The van der Waals surface area contributed by atoms with Crippen LogP contribution in [0.25, 0.3) is 11.1 Å². The Bertz CT molecular complexity index is 961. The van der Waals surface area contributed by atoms with Crippen LogP contribution in [0.5, 0.6) is 0 Å². The van der Waals surface area contributed by atoms with Gasteiger partial charge >= 0.3 is 0 Å². The Labute approximate surface area is 167 Å². The third-order valence-corrected chi connectivity index (χ3v) is 4.87. The third-order valence-electron chi connectivity index (χ3n) is 4.87. The highest BCUT2D eigenvalue weighted by Crippen LogP contribution is 2.35. The lowest BCUT2D eigenvalue weighted by Gasteiger charge is -2.05. The first kappa shape index (κ1) is 19.6. The first-order valence-electron chi connectivity index (χ1n) is 9.60. The monoisotopic (exact) mass is 373 g/mol. The molecular formula is C24H27N3O. The molecule has 0 saturated heterocycles. The molecule has 0 fully saturated rings. The van der Waals surface area contributed by atoms with Crippen LogP contribution in [-0.4, -0.2) is 18.7 Å². The van der Waals surface area contributed by atoms with Crippen LogP contribution in [0.1, 0.15) is 42.0 Å². The average Bonchev–Trinajstić information content (AvgIpc) is 2.87. The summed E-state index contributed by atoms with van der Waals surface area (Å²) < 4.78 is 0. The Balaban J connectivity index is 1.71. The van der Waals surface area contributed by atoms with Gasteiger partial charge in [-0.3, -0.25) is 4.79 Å². The van der Waals surface area contributed by atoms with Gasteiger partial charge in [-0.25, -0.2) is 5.43 Å². The van der Waals surface area contributed by atoms with E-state index >= 15 is 0 Å². The van der Waals surface area contributed by atoms with Crippen molar-refractivity contribution in [3.63, 3.8) is 0 Å². The molecule has 1 aromatic carbocycles. The number of para-hydroxylation sites is 1. The van der Waals surface area contributed by atoms with Crippen LogP contribution in [-0.2, 0) is 4.79 Å². The van der Waals surface area contributed by atoms with Crippen LogP contribution in [0.2, 0.25) is 0 Å². The minimum absolute atomic E-state index is 0.174. The van der Waals surface area contributed by atoms with Crippen molar-refractivity contribution in [1.29, 1.82) is 0 Å². The molecular weight excluding hydrogens is 346 g/mol. The zero-order valence-electron chi connectivity index (χ0n) is 16.9. The fourth-order valence-corrected chi connectivity index (χ4v) is 3.29. The van der Waals surface area contributed by atoms with E-state index in [2.05, 4.69) is 67.8 Å². The predicted octanol–water partition coefficient (Wildman–Crippen LogP) is 5.09. The number of rotatable bonds is 6. The first-order valence-corrected chi connectivity index (χ1v) is 9.60. The first-order chi connectivity index (χ1) is 13.5. The van der Waals surface area contributed by atoms with E-state index in [1.165, 1.54) is 27.8 Å². The van der Waals surface area contributed by atoms with Crippen molar-refractivity contribution in [2.45, 2.75) is 33.6 Å². The van der Waals surface area contributed by atoms with Crippen molar-refractivity contribution in [3.05, 3.63) is 76.9 Å². The Hall–Kier alpha value is -3.14. The Morgan fingerprint density at radius 3 is 2.50 bits per heavy atom. The van der Waals surface area contributed by atoms with Crippen molar-refractivity contribution in [2.24, 2.45) is 5.10 Å². The van der Waals surface area contributed by atoms with Crippen LogP contribution in [0.15, 0.2) is 59.7 Å². The number of fused-ring (bicyclic) bond motifs is 1. The number of hydrazone groups is 1. The summed E-state index contributed by atoms with van der Waals surface area (Å²) in [4.78, 5) is 12.0. The molecule has 0 atom stereocenters. The molecule has 3 rings (SSSR count). The zero-order chi connectivity index (χ0) is 20.1. The van der Waals surface area contributed by atoms with E-state index in [9.17, 15) is 4.79 Å². The molecule has 1 aromatic rings. The van der Waals surface area contributed by atoms with Crippen LogP contribution >= 0.6 is 0 Å². The fraction of sp³-hybridized carbons (Fsp3) is 0.250. The van der Waals surface area contributed by atoms with Crippen LogP contribution in [0, 0.1) is 13.8 Å². The highest BCUT2D eigenvalue weighted by atomic mass is 16.2. The van der Waals surface area contributed by atoms with Crippen LogP contribution < -0.4 is 10.7 Å². The number of benzene rings is 1. The standard InChI is InChI=1S/C24H27N3O/c1-16(2)19-11-10-17(3)24-20(12-18(4)22(24)13-19)14-26-27-23(28)15-25-21-8-6-5-7-9-21/h5-14,16,25H,15H2,1-4H3,(H,27,28)/b26-14+. The summed E-state index contributed by atoms with van der Waals surface area (Å²) in [5.74, 6) is 0.287. The molecule has 0 unspecified atom stereocenters. The molecule has 2 aliphatic carbocycles. The highest BCUT2D eigenvalue weighted by molar-refractivity contribution is 5.96. The predicted molar refractivity (Wildman–Crippen MR) is 117 cm³/mol. The van der Waals surface area contributed by atoms with E-state index in [-0.39, 0.29) is 12.5 Å². The molecule has 0 bridgehead atoms. The zero-order valence-corrected chi connectivity index (χ0v) is 16.9. The number of hydrogen-bond donors (Lipinski definition) is 2. The lowest BCUT2D eigenvalue weighted by molar-refractivity contribution is -0.119. The molecule has 1 amide bonds. The molecule has 2 N–H and O–H groups in total. The average molecular weight is 374 g/mol. The number of amides is 1. The van der Waals surface area contributed by atoms with Gasteiger partial charge in [0.1, 0.15) is 0 Å². The number of carbonyl (C=O) groups excluding carboxylic acids is 1.